The average Bonchev–Trinajstić information content (AvgIpc) is 3.10. The summed E-state index contributed by atoms with van der Waals surface area (Å²) in [6, 6.07) is 6.02. The Labute approximate surface area is 288 Å². The van der Waals surface area contributed by atoms with Crippen molar-refractivity contribution >= 4 is 11.9 Å². The number of unbranched alkanes of at least 4 members (excludes halogenated alkanes) is 4. The molecule has 1 aromatic rings. The molecule has 0 heterocycles. The van der Waals surface area contributed by atoms with Gasteiger partial charge in [0, 0.05) is 26.4 Å². The Kier molecular flexibility index (Phi) is 29.3. The Bertz CT molecular complexity index is 779. The molecule has 0 aromatic heterocycles. The van der Waals surface area contributed by atoms with Crippen molar-refractivity contribution < 1.29 is 57.0 Å². The lowest BCUT2D eigenvalue weighted by Crippen LogP contribution is -2.28. The van der Waals surface area contributed by atoms with Crippen molar-refractivity contribution in [3.05, 3.63) is 35.4 Å². The third-order valence-corrected chi connectivity index (χ3v) is 6.75. The molecule has 0 saturated carbocycles. The number of hydrogen-bond acceptors (Lipinski definition) is 12. The predicted molar refractivity (Wildman–Crippen MR) is 181 cm³/mol. The van der Waals surface area contributed by atoms with Gasteiger partial charge in [-0.3, -0.25) is 0 Å². The number of carbonyl (C=O) groups excluding carboxylic acids is 2. The molecule has 0 unspecified atom stereocenters. The van der Waals surface area contributed by atoms with E-state index in [0.717, 1.165) is 51.4 Å². The zero-order valence-corrected chi connectivity index (χ0v) is 29.9. The highest BCUT2D eigenvalue weighted by Gasteiger charge is 2.18. The van der Waals surface area contributed by atoms with Gasteiger partial charge in [-0.1, -0.05) is 53.4 Å². The summed E-state index contributed by atoms with van der Waals surface area (Å²) < 4.78 is 56.1. The number of esters is 2. The highest BCUT2D eigenvalue weighted by Crippen LogP contribution is 2.10. The summed E-state index contributed by atoms with van der Waals surface area (Å²) in [5.74, 6) is -1.15. The fraction of sp³-hybridized carbons (Fsp3) is 0.778. The lowest BCUT2D eigenvalue weighted by molar-refractivity contribution is -0.176. The van der Waals surface area contributed by atoms with Gasteiger partial charge >= 0.3 is 11.9 Å². The second kappa shape index (κ2) is 32.1. The average molecular weight is 687 g/mol. The van der Waals surface area contributed by atoms with Gasteiger partial charge in [0.25, 0.3) is 0 Å². The van der Waals surface area contributed by atoms with E-state index in [-0.39, 0.29) is 24.3 Å². The summed E-state index contributed by atoms with van der Waals surface area (Å²) in [6.45, 7) is 13.7. The van der Waals surface area contributed by atoms with Gasteiger partial charge in [-0.15, -0.1) is 0 Å². The number of carbonyl (C=O) groups is 2. The Morgan fingerprint density at radius 2 is 0.708 bits per heavy atom. The van der Waals surface area contributed by atoms with Gasteiger partial charge in [-0.2, -0.15) is 0 Å². The number of hydrogen-bond donors (Lipinski definition) is 0. The molecule has 48 heavy (non-hydrogen) atoms. The zero-order valence-electron chi connectivity index (χ0n) is 29.9. The van der Waals surface area contributed by atoms with E-state index in [2.05, 4.69) is 27.7 Å². The van der Waals surface area contributed by atoms with Crippen LogP contribution in [0.5, 0.6) is 0 Å². The van der Waals surface area contributed by atoms with E-state index in [1.54, 1.807) is 0 Å². The zero-order chi connectivity index (χ0) is 34.9. The highest BCUT2D eigenvalue weighted by atomic mass is 16.7. The van der Waals surface area contributed by atoms with Crippen LogP contribution in [0.1, 0.15) is 99.8 Å². The van der Waals surface area contributed by atoms with Crippen LogP contribution in [0.25, 0.3) is 0 Å². The molecule has 12 nitrogen and oxygen atoms in total. The molecule has 0 fully saturated rings. The molecule has 278 valence electrons. The van der Waals surface area contributed by atoms with Crippen LogP contribution in [0.3, 0.4) is 0 Å². The number of rotatable bonds is 34. The van der Waals surface area contributed by atoms with Crippen molar-refractivity contribution in [1.29, 1.82) is 0 Å². The summed E-state index contributed by atoms with van der Waals surface area (Å²) in [5, 5.41) is 0. The molecule has 0 aliphatic heterocycles. The first-order valence-corrected chi connectivity index (χ1v) is 17.8. The maximum Gasteiger partial charge on any atom is 0.338 e. The maximum atomic E-state index is 12.8. The Hall–Kier alpha value is -2.16. The standard InChI is InChI=1S/C36H62O12/c1-5-9-17-39-21-25-43-33(44-26-22-40-18-10-6-2)29-47-35(37)31-13-15-32(16-14-31)36(38)48-30-34(45-27-23-41-19-11-7-3)46-28-24-42-20-12-8-4/h13-16,33-34H,5-12,17-30H2,1-4H3. The van der Waals surface area contributed by atoms with Gasteiger partial charge in [0.15, 0.2) is 12.6 Å². The molecule has 0 radical (unpaired) electrons. The largest absolute Gasteiger partial charge is 0.457 e. The molecule has 0 N–H and O–H groups in total. The van der Waals surface area contributed by atoms with Crippen LogP contribution in [-0.2, 0) is 47.4 Å². The first-order valence-electron chi connectivity index (χ1n) is 17.8. The van der Waals surface area contributed by atoms with E-state index in [1.165, 1.54) is 24.3 Å². The summed E-state index contributed by atoms with van der Waals surface area (Å²) >= 11 is 0. The highest BCUT2D eigenvalue weighted by molar-refractivity contribution is 5.93. The van der Waals surface area contributed by atoms with Crippen molar-refractivity contribution in [2.45, 2.75) is 91.6 Å². The van der Waals surface area contributed by atoms with Crippen LogP contribution in [-0.4, -0.2) is 117 Å². The van der Waals surface area contributed by atoms with Gasteiger partial charge in [-0.25, -0.2) is 9.59 Å². The summed E-state index contributed by atoms with van der Waals surface area (Å²) in [7, 11) is 0. The van der Waals surface area contributed by atoms with E-state index < -0.39 is 24.5 Å². The van der Waals surface area contributed by atoms with Crippen LogP contribution in [0.4, 0.5) is 0 Å². The Morgan fingerprint density at radius 1 is 0.438 bits per heavy atom. The third kappa shape index (κ3) is 24.0. The molecule has 1 aromatic carbocycles. The molecule has 0 spiro atoms. The second-order valence-electron chi connectivity index (χ2n) is 11.0. The summed E-state index contributed by atoms with van der Waals surface area (Å²) in [5.41, 5.74) is 0.540. The molecule has 0 aliphatic rings. The molecule has 0 bridgehead atoms. The van der Waals surface area contributed by atoms with E-state index in [0.29, 0.717) is 79.3 Å². The molecule has 0 saturated heterocycles. The molecular weight excluding hydrogens is 624 g/mol. The smallest absolute Gasteiger partial charge is 0.338 e. The molecule has 0 aliphatic carbocycles. The van der Waals surface area contributed by atoms with Gasteiger partial charge in [0.1, 0.15) is 13.2 Å². The van der Waals surface area contributed by atoms with Crippen molar-refractivity contribution in [2.75, 3.05) is 92.5 Å². The summed E-state index contributed by atoms with van der Waals surface area (Å²) in [6.07, 6.45) is 6.61. The quantitative estimate of drug-likeness (QED) is 0.0481. The molecule has 1 rings (SSSR count). The first kappa shape index (κ1) is 43.9. The van der Waals surface area contributed by atoms with Crippen molar-refractivity contribution in [3.8, 4) is 0 Å². The van der Waals surface area contributed by atoms with Crippen LogP contribution < -0.4 is 0 Å². The number of ether oxygens (including phenoxy) is 10. The van der Waals surface area contributed by atoms with Crippen molar-refractivity contribution in [1.82, 2.24) is 0 Å². The monoisotopic (exact) mass is 686 g/mol. The SMILES string of the molecule is CCCCOCCOC(COC(=O)c1ccc(C(=O)OCC(OCCOCCCC)OCCOCCCC)cc1)OCCOCCCC. The lowest BCUT2D eigenvalue weighted by Gasteiger charge is -2.19. The van der Waals surface area contributed by atoms with Crippen molar-refractivity contribution in [2.24, 2.45) is 0 Å². The molecule has 0 atom stereocenters. The van der Waals surface area contributed by atoms with Gasteiger partial charge in [-0.05, 0) is 49.9 Å². The van der Waals surface area contributed by atoms with E-state index in [1.807, 2.05) is 0 Å². The van der Waals surface area contributed by atoms with Gasteiger partial charge in [0.05, 0.1) is 64.0 Å². The summed E-state index contributed by atoms with van der Waals surface area (Å²) in [4.78, 5) is 25.5. The minimum atomic E-state index is -0.768. The van der Waals surface area contributed by atoms with E-state index >= 15 is 0 Å². The molecule has 0 amide bonds. The van der Waals surface area contributed by atoms with Gasteiger partial charge in [0.2, 0.25) is 0 Å². The normalized spacial score (nSPS) is 11.5. The fourth-order valence-corrected chi connectivity index (χ4v) is 3.83. The fourth-order valence-electron chi connectivity index (χ4n) is 3.83. The van der Waals surface area contributed by atoms with Gasteiger partial charge < -0.3 is 47.4 Å². The van der Waals surface area contributed by atoms with E-state index in [4.69, 9.17) is 47.4 Å². The minimum absolute atomic E-state index is 0.110. The molecular formula is C36H62O12. The Balaban J connectivity index is 2.58. The first-order chi connectivity index (χ1) is 23.5. The van der Waals surface area contributed by atoms with Crippen LogP contribution in [0.2, 0.25) is 0 Å². The van der Waals surface area contributed by atoms with E-state index in [9.17, 15) is 9.59 Å². The lowest BCUT2D eigenvalue weighted by atomic mass is 10.1. The number of benzene rings is 1. The second-order valence-corrected chi connectivity index (χ2v) is 11.0. The van der Waals surface area contributed by atoms with Crippen molar-refractivity contribution in [3.63, 3.8) is 0 Å². The molecule has 12 heteroatoms. The third-order valence-electron chi connectivity index (χ3n) is 6.75. The Morgan fingerprint density at radius 3 is 0.958 bits per heavy atom. The van der Waals surface area contributed by atoms with Crippen LogP contribution in [0, 0.1) is 0 Å². The van der Waals surface area contributed by atoms with Crippen LogP contribution in [0.15, 0.2) is 24.3 Å². The van der Waals surface area contributed by atoms with Crippen LogP contribution >= 0.6 is 0 Å². The minimum Gasteiger partial charge on any atom is -0.457 e. The maximum absolute atomic E-state index is 12.8. The predicted octanol–water partition coefficient (Wildman–Crippen LogP) is 5.99. The topological polar surface area (TPSA) is 126 Å².